The van der Waals surface area contributed by atoms with Crippen LogP contribution in [-0.2, 0) is 10.0 Å². The first-order valence-corrected chi connectivity index (χ1v) is 8.29. The third-order valence-corrected chi connectivity index (χ3v) is 5.57. The fourth-order valence-corrected chi connectivity index (χ4v) is 3.49. The number of rotatable bonds is 5. The zero-order valence-corrected chi connectivity index (χ0v) is 13.2. The van der Waals surface area contributed by atoms with Gasteiger partial charge in [0.25, 0.3) is 0 Å². The number of benzene rings is 1. The van der Waals surface area contributed by atoms with Gasteiger partial charge in [-0.05, 0) is 30.7 Å². The van der Waals surface area contributed by atoms with Crippen LogP contribution in [0.4, 0.5) is 5.69 Å². The van der Waals surface area contributed by atoms with Gasteiger partial charge in [-0.3, -0.25) is 0 Å². The molecule has 0 saturated carbocycles. The average molecular weight is 297 g/mol. The summed E-state index contributed by atoms with van der Waals surface area (Å²) >= 11 is 0. The Morgan fingerprint density at radius 3 is 2.25 bits per heavy atom. The molecule has 0 aliphatic carbocycles. The van der Waals surface area contributed by atoms with Crippen LogP contribution >= 0.6 is 0 Å². The van der Waals surface area contributed by atoms with Crippen molar-refractivity contribution in [1.82, 2.24) is 4.31 Å². The van der Waals surface area contributed by atoms with Gasteiger partial charge in [0.15, 0.2) is 0 Å². The highest BCUT2D eigenvalue weighted by atomic mass is 32.2. The van der Waals surface area contributed by atoms with E-state index in [1.54, 1.807) is 12.1 Å². The molecule has 1 fully saturated rings. The van der Waals surface area contributed by atoms with Gasteiger partial charge in [-0.2, -0.15) is 0 Å². The minimum Gasteiger partial charge on any atom is -0.368 e. The lowest BCUT2D eigenvalue weighted by atomic mass is 9.86. The molecule has 2 N–H and O–H groups in total. The van der Waals surface area contributed by atoms with E-state index < -0.39 is 10.0 Å². The van der Waals surface area contributed by atoms with Crippen LogP contribution in [0.3, 0.4) is 0 Å². The monoisotopic (exact) mass is 297 g/mol. The summed E-state index contributed by atoms with van der Waals surface area (Å²) in [5, 5.41) is 0. The second-order valence-corrected chi connectivity index (χ2v) is 7.90. The number of nitrogens with zero attached hydrogens (tertiary/aromatic N) is 2. The molecular formula is C14H23N3O2S. The SMILES string of the molecule is CCCC1(N)CN(c2ccc(S(=O)(=O)N(C)C)cc2)C1. The van der Waals surface area contributed by atoms with Crippen molar-refractivity contribution in [3.05, 3.63) is 24.3 Å². The van der Waals surface area contributed by atoms with E-state index in [-0.39, 0.29) is 5.54 Å². The molecule has 1 aromatic carbocycles. The van der Waals surface area contributed by atoms with Crippen molar-refractivity contribution in [2.45, 2.75) is 30.2 Å². The molecule has 1 aliphatic heterocycles. The Balaban J connectivity index is 2.08. The molecule has 1 aliphatic rings. The van der Waals surface area contributed by atoms with Gasteiger partial charge in [-0.1, -0.05) is 13.3 Å². The van der Waals surface area contributed by atoms with Crippen LogP contribution in [0.2, 0.25) is 0 Å². The van der Waals surface area contributed by atoms with E-state index >= 15 is 0 Å². The Morgan fingerprint density at radius 2 is 1.80 bits per heavy atom. The predicted octanol–water partition coefficient (Wildman–Crippen LogP) is 1.25. The van der Waals surface area contributed by atoms with Gasteiger partial charge in [0, 0.05) is 32.9 Å². The van der Waals surface area contributed by atoms with Crippen molar-refractivity contribution >= 4 is 15.7 Å². The second kappa shape index (κ2) is 5.35. The summed E-state index contributed by atoms with van der Waals surface area (Å²) in [6.45, 7) is 3.80. The number of anilines is 1. The summed E-state index contributed by atoms with van der Waals surface area (Å²) in [7, 11) is -0.282. The normalized spacial score (nSPS) is 18.1. The summed E-state index contributed by atoms with van der Waals surface area (Å²) < 4.78 is 25.2. The van der Waals surface area contributed by atoms with Crippen LogP contribution in [0.1, 0.15) is 19.8 Å². The topological polar surface area (TPSA) is 66.6 Å². The van der Waals surface area contributed by atoms with Crippen LogP contribution < -0.4 is 10.6 Å². The summed E-state index contributed by atoms with van der Waals surface area (Å²) in [6, 6.07) is 7.01. The summed E-state index contributed by atoms with van der Waals surface area (Å²) in [6.07, 6.45) is 2.11. The fraction of sp³-hybridized carbons (Fsp3) is 0.571. The van der Waals surface area contributed by atoms with Crippen LogP contribution in [0.25, 0.3) is 0 Å². The lowest BCUT2D eigenvalue weighted by Gasteiger charge is -2.49. The van der Waals surface area contributed by atoms with Gasteiger partial charge < -0.3 is 10.6 Å². The third-order valence-electron chi connectivity index (χ3n) is 3.74. The lowest BCUT2D eigenvalue weighted by Crippen LogP contribution is -2.67. The van der Waals surface area contributed by atoms with Gasteiger partial charge in [0.1, 0.15) is 0 Å². The number of nitrogens with two attached hydrogens (primary N) is 1. The summed E-state index contributed by atoms with van der Waals surface area (Å²) in [4.78, 5) is 2.50. The summed E-state index contributed by atoms with van der Waals surface area (Å²) in [5.41, 5.74) is 7.18. The first-order valence-electron chi connectivity index (χ1n) is 6.85. The van der Waals surface area contributed by atoms with Crippen LogP contribution in [0.5, 0.6) is 0 Å². The van der Waals surface area contributed by atoms with E-state index in [9.17, 15) is 8.42 Å². The zero-order valence-electron chi connectivity index (χ0n) is 12.3. The average Bonchev–Trinajstić information content (AvgIpc) is 2.36. The molecule has 0 spiro atoms. The largest absolute Gasteiger partial charge is 0.368 e. The fourth-order valence-electron chi connectivity index (χ4n) is 2.59. The molecule has 0 amide bonds. The number of hydrogen-bond acceptors (Lipinski definition) is 4. The van der Waals surface area contributed by atoms with Crippen molar-refractivity contribution in [1.29, 1.82) is 0 Å². The molecule has 20 heavy (non-hydrogen) atoms. The Morgan fingerprint density at radius 1 is 1.25 bits per heavy atom. The van der Waals surface area contributed by atoms with Crippen molar-refractivity contribution in [3.8, 4) is 0 Å². The van der Waals surface area contributed by atoms with E-state index in [1.807, 2.05) is 12.1 Å². The molecule has 0 unspecified atom stereocenters. The number of hydrogen-bond donors (Lipinski definition) is 1. The van der Waals surface area contributed by atoms with Crippen molar-refractivity contribution < 1.29 is 8.42 Å². The molecule has 1 aromatic rings. The first kappa shape index (κ1) is 15.3. The molecule has 6 heteroatoms. The highest BCUT2D eigenvalue weighted by Crippen LogP contribution is 2.29. The van der Waals surface area contributed by atoms with Gasteiger partial charge in [0.2, 0.25) is 10.0 Å². The van der Waals surface area contributed by atoms with Gasteiger partial charge in [-0.25, -0.2) is 12.7 Å². The van der Waals surface area contributed by atoms with Gasteiger partial charge >= 0.3 is 0 Å². The Labute approximate surface area is 121 Å². The number of sulfonamides is 1. The van der Waals surface area contributed by atoms with E-state index in [0.717, 1.165) is 31.6 Å². The third kappa shape index (κ3) is 2.82. The molecule has 0 radical (unpaired) electrons. The molecule has 0 aromatic heterocycles. The molecule has 0 bridgehead atoms. The minimum atomic E-state index is -3.35. The first-order chi connectivity index (χ1) is 9.28. The second-order valence-electron chi connectivity index (χ2n) is 5.75. The zero-order chi connectivity index (χ0) is 15.0. The van der Waals surface area contributed by atoms with E-state index in [1.165, 1.54) is 18.4 Å². The highest BCUT2D eigenvalue weighted by molar-refractivity contribution is 7.89. The molecule has 2 rings (SSSR count). The maximum Gasteiger partial charge on any atom is 0.242 e. The lowest BCUT2D eigenvalue weighted by molar-refractivity contribution is 0.308. The van der Waals surface area contributed by atoms with Crippen molar-refractivity contribution in [2.24, 2.45) is 5.73 Å². The van der Waals surface area contributed by atoms with Crippen LogP contribution in [0, 0.1) is 0 Å². The molecule has 112 valence electrons. The van der Waals surface area contributed by atoms with E-state index in [2.05, 4.69) is 11.8 Å². The molecule has 5 nitrogen and oxygen atoms in total. The van der Waals surface area contributed by atoms with Crippen molar-refractivity contribution in [2.75, 3.05) is 32.1 Å². The van der Waals surface area contributed by atoms with Gasteiger partial charge in [0.05, 0.1) is 10.4 Å². The molecule has 1 heterocycles. The summed E-state index contributed by atoms with van der Waals surface area (Å²) in [5.74, 6) is 0. The standard InChI is InChI=1S/C14H23N3O2S/c1-4-9-14(15)10-17(11-14)12-5-7-13(8-6-12)20(18,19)16(2)3/h5-8H,4,9-11,15H2,1-3H3. The highest BCUT2D eigenvalue weighted by Gasteiger charge is 2.38. The van der Waals surface area contributed by atoms with Crippen molar-refractivity contribution in [3.63, 3.8) is 0 Å². The van der Waals surface area contributed by atoms with E-state index in [4.69, 9.17) is 5.73 Å². The molecular weight excluding hydrogens is 274 g/mol. The van der Waals surface area contributed by atoms with Gasteiger partial charge in [-0.15, -0.1) is 0 Å². The maximum absolute atomic E-state index is 12.0. The molecule has 1 saturated heterocycles. The van der Waals surface area contributed by atoms with Crippen LogP contribution in [0.15, 0.2) is 29.2 Å². The van der Waals surface area contributed by atoms with Crippen LogP contribution in [-0.4, -0.2) is 45.4 Å². The Hall–Kier alpha value is -1.11. The smallest absolute Gasteiger partial charge is 0.242 e. The minimum absolute atomic E-state index is 0.0802. The molecule has 0 atom stereocenters. The quantitative estimate of drug-likeness (QED) is 0.888. The maximum atomic E-state index is 12.0. The predicted molar refractivity (Wildman–Crippen MR) is 81.4 cm³/mol. The Bertz CT molecular complexity index is 561. The van der Waals surface area contributed by atoms with E-state index in [0.29, 0.717) is 4.90 Å². The Kier molecular flexibility index (Phi) is 4.09.